The maximum atomic E-state index is 12.9. The minimum Gasteiger partial charge on any atom is -0.352 e. The molecule has 1 aliphatic carbocycles. The van der Waals surface area contributed by atoms with Gasteiger partial charge < -0.3 is 5.32 Å². The second-order valence-corrected chi connectivity index (χ2v) is 7.48. The van der Waals surface area contributed by atoms with Crippen molar-refractivity contribution < 1.29 is 9.59 Å². The maximum Gasteiger partial charge on any atom is 0.280 e. The minimum atomic E-state index is -0.301. The van der Waals surface area contributed by atoms with Gasteiger partial charge in [-0.2, -0.15) is 0 Å². The van der Waals surface area contributed by atoms with E-state index in [-0.39, 0.29) is 30.1 Å². The summed E-state index contributed by atoms with van der Waals surface area (Å²) in [6.07, 6.45) is 5.55. The summed E-state index contributed by atoms with van der Waals surface area (Å²) < 4.78 is 3.77. The number of benzene rings is 1. The van der Waals surface area contributed by atoms with Crippen LogP contribution in [-0.4, -0.2) is 34.0 Å². The van der Waals surface area contributed by atoms with Gasteiger partial charge in [0.2, 0.25) is 5.91 Å². The lowest BCUT2D eigenvalue weighted by Crippen LogP contribution is -2.45. The predicted octanol–water partition coefficient (Wildman–Crippen LogP) is 3.25. The summed E-state index contributed by atoms with van der Waals surface area (Å²) in [4.78, 5) is 27.0. The van der Waals surface area contributed by atoms with Crippen LogP contribution >= 0.6 is 11.5 Å². The molecule has 1 aliphatic rings. The molecule has 2 amide bonds. The van der Waals surface area contributed by atoms with Crippen LogP contribution in [0.5, 0.6) is 0 Å². The molecule has 0 bridgehead atoms. The van der Waals surface area contributed by atoms with E-state index in [4.69, 9.17) is 0 Å². The Morgan fingerprint density at radius 1 is 1.23 bits per heavy atom. The van der Waals surface area contributed by atoms with Gasteiger partial charge in [-0.05, 0) is 49.9 Å². The second kappa shape index (κ2) is 8.40. The molecular weight excluding hydrogens is 348 g/mol. The number of aromatic nitrogens is 2. The number of carbonyl (C=O) groups excluding carboxylic acids is 2. The molecule has 1 fully saturated rings. The van der Waals surface area contributed by atoms with Gasteiger partial charge in [-0.25, -0.2) is 0 Å². The molecule has 0 spiro atoms. The van der Waals surface area contributed by atoms with Gasteiger partial charge in [0, 0.05) is 17.1 Å². The van der Waals surface area contributed by atoms with Crippen LogP contribution in [-0.2, 0) is 4.79 Å². The first kappa shape index (κ1) is 18.5. The Morgan fingerprint density at radius 3 is 2.65 bits per heavy atom. The summed E-state index contributed by atoms with van der Waals surface area (Å²) in [6, 6.07) is 6.05. The van der Waals surface area contributed by atoms with E-state index >= 15 is 0 Å². The van der Waals surface area contributed by atoms with Crippen LogP contribution in [0.2, 0.25) is 0 Å². The lowest BCUT2D eigenvalue weighted by atomic mass is 9.95. The van der Waals surface area contributed by atoms with Gasteiger partial charge in [0.25, 0.3) is 5.91 Å². The van der Waals surface area contributed by atoms with E-state index < -0.39 is 0 Å². The van der Waals surface area contributed by atoms with Crippen LogP contribution in [0.25, 0.3) is 0 Å². The lowest BCUT2D eigenvalue weighted by Gasteiger charge is -2.26. The normalized spacial score (nSPS) is 14.8. The van der Waals surface area contributed by atoms with Gasteiger partial charge in [-0.15, -0.1) is 5.10 Å². The largest absolute Gasteiger partial charge is 0.352 e. The summed E-state index contributed by atoms with van der Waals surface area (Å²) in [6.45, 7) is 3.93. The molecule has 6 nitrogen and oxygen atoms in total. The van der Waals surface area contributed by atoms with Gasteiger partial charge in [0.1, 0.15) is 6.54 Å². The van der Waals surface area contributed by atoms with Crippen molar-refractivity contribution in [3.8, 4) is 0 Å². The number of amides is 2. The van der Waals surface area contributed by atoms with Gasteiger partial charge in [0.05, 0.1) is 0 Å². The Balaban J connectivity index is 1.80. The molecule has 3 rings (SSSR count). The lowest BCUT2D eigenvalue weighted by molar-refractivity contribution is -0.120. The van der Waals surface area contributed by atoms with Crippen molar-refractivity contribution in [2.75, 3.05) is 11.4 Å². The number of aryl methyl sites for hydroxylation is 2. The maximum absolute atomic E-state index is 12.9. The Kier molecular flexibility index (Phi) is 5.98. The Labute approximate surface area is 157 Å². The number of rotatable bonds is 5. The summed E-state index contributed by atoms with van der Waals surface area (Å²) in [5, 5.41) is 8.57. The van der Waals surface area contributed by atoms with Crippen LogP contribution in [0.15, 0.2) is 23.6 Å². The van der Waals surface area contributed by atoms with Gasteiger partial charge >= 0.3 is 0 Å². The van der Waals surface area contributed by atoms with E-state index in [9.17, 15) is 9.59 Å². The summed E-state index contributed by atoms with van der Waals surface area (Å²) >= 11 is 1.13. The van der Waals surface area contributed by atoms with Crippen LogP contribution in [0.1, 0.15) is 53.7 Å². The highest BCUT2D eigenvalue weighted by atomic mass is 32.1. The van der Waals surface area contributed by atoms with E-state index in [2.05, 4.69) is 14.9 Å². The summed E-state index contributed by atoms with van der Waals surface area (Å²) in [5.74, 6) is -0.432. The van der Waals surface area contributed by atoms with E-state index in [0.717, 1.165) is 54.0 Å². The fourth-order valence-electron chi connectivity index (χ4n) is 3.43. The van der Waals surface area contributed by atoms with Crippen molar-refractivity contribution in [1.82, 2.24) is 14.9 Å². The molecule has 0 radical (unpaired) electrons. The number of hydrogen-bond acceptors (Lipinski definition) is 5. The molecule has 1 aromatic carbocycles. The first-order chi connectivity index (χ1) is 12.5. The zero-order valence-corrected chi connectivity index (χ0v) is 16.0. The molecule has 0 saturated heterocycles. The molecule has 1 saturated carbocycles. The third kappa shape index (κ3) is 4.46. The molecule has 7 heteroatoms. The van der Waals surface area contributed by atoms with Crippen LogP contribution < -0.4 is 10.2 Å². The molecule has 26 heavy (non-hydrogen) atoms. The highest BCUT2D eigenvalue weighted by molar-refractivity contribution is 7.03. The van der Waals surface area contributed by atoms with E-state index in [1.807, 2.05) is 32.0 Å². The average molecular weight is 372 g/mol. The van der Waals surface area contributed by atoms with Gasteiger partial charge in [-0.1, -0.05) is 41.4 Å². The van der Waals surface area contributed by atoms with E-state index in [1.165, 1.54) is 11.3 Å². The van der Waals surface area contributed by atoms with Crippen molar-refractivity contribution >= 4 is 29.0 Å². The number of nitrogens with zero attached hydrogens (tertiary/aromatic N) is 3. The Hall–Kier alpha value is -2.28. The standard InChI is InChI=1S/C19H24N4O2S/c1-13-8-9-17(14(2)10-13)23(19(25)16-12-26-22-21-16)11-18(24)20-15-6-4-3-5-7-15/h8-10,12,15H,3-7,11H2,1-2H3,(H,20,24). The highest BCUT2D eigenvalue weighted by Gasteiger charge is 2.25. The minimum absolute atomic E-state index is 0.0171. The van der Waals surface area contributed by atoms with Gasteiger partial charge in [0.15, 0.2) is 5.69 Å². The molecule has 1 N–H and O–H groups in total. The van der Waals surface area contributed by atoms with Crippen molar-refractivity contribution in [2.24, 2.45) is 0 Å². The number of nitrogens with one attached hydrogen (secondary N) is 1. The van der Waals surface area contributed by atoms with Crippen molar-refractivity contribution in [1.29, 1.82) is 0 Å². The molecule has 2 aromatic rings. The Morgan fingerprint density at radius 2 is 2.00 bits per heavy atom. The fraction of sp³-hybridized carbons (Fsp3) is 0.474. The SMILES string of the molecule is Cc1ccc(N(CC(=O)NC2CCCCC2)C(=O)c2csnn2)c(C)c1. The third-order valence-corrected chi connectivity index (χ3v) is 5.24. The van der Waals surface area contributed by atoms with Crippen molar-refractivity contribution in [3.05, 3.63) is 40.4 Å². The zero-order chi connectivity index (χ0) is 18.5. The first-order valence-electron chi connectivity index (χ1n) is 9.00. The molecule has 0 aliphatic heterocycles. The van der Waals surface area contributed by atoms with E-state index in [0.29, 0.717) is 0 Å². The van der Waals surface area contributed by atoms with E-state index in [1.54, 1.807) is 5.38 Å². The summed E-state index contributed by atoms with van der Waals surface area (Å²) in [7, 11) is 0. The quantitative estimate of drug-likeness (QED) is 0.874. The molecule has 1 heterocycles. The topological polar surface area (TPSA) is 75.2 Å². The molecule has 138 valence electrons. The van der Waals surface area contributed by atoms with Crippen LogP contribution in [0.4, 0.5) is 5.69 Å². The van der Waals surface area contributed by atoms with Crippen molar-refractivity contribution in [3.63, 3.8) is 0 Å². The highest BCUT2D eigenvalue weighted by Crippen LogP contribution is 2.23. The van der Waals surface area contributed by atoms with Crippen LogP contribution in [0.3, 0.4) is 0 Å². The molecular formula is C19H24N4O2S. The molecule has 0 unspecified atom stereocenters. The predicted molar refractivity (Wildman–Crippen MR) is 103 cm³/mol. The number of anilines is 1. The third-order valence-electron chi connectivity index (χ3n) is 4.74. The zero-order valence-electron chi connectivity index (χ0n) is 15.2. The number of hydrogen-bond donors (Lipinski definition) is 1. The van der Waals surface area contributed by atoms with Crippen LogP contribution in [0, 0.1) is 13.8 Å². The molecule has 0 atom stereocenters. The molecule has 1 aromatic heterocycles. The average Bonchev–Trinajstić information content (AvgIpc) is 3.15. The number of carbonyl (C=O) groups is 2. The van der Waals surface area contributed by atoms with Crippen molar-refractivity contribution in [2.45, 2.75) is 52.0 Å². The smallest absolute Gasteiger partial charge is 0.280 e. The Bertz CT molecular complexity index is 770. The van der Waals surface area contributed by atoms with Gasteiger partial charge in [-0.3, -0.25) is 14.5 Å². The monoisotopic (exact) mass is 372 g/mol. The summed E-state index contributed by atoms with van der Waals surface area (Å²) in [5.41, 5.74) is 3.06. The second-order valence-electron chi connectivity index (χ2n) is 6.87. The first-order valence-corrected chi connectivity index (χ1v) is 9.84. The fourth-order valence-corrected chi connectivity index (χ4v) is 3.86.